The van der Waals surface area contributed by atoms with E-state index in [9.17, 15) is 4.79 Å². The van der Waals surface area contributed by atoms with Gasteiger partial charge in [-0.25, -0.2) is 5.43 Å². The Morgan fingerprint density at radius 2 is 2.00 bits per heavy atom. The zero-order valence-electron chi connectivity index (χ0n) is 9.55. The van der Waals surface area contributed by atoms with E-state index in [2.05, 4.69) is 10.5 Å². The summed E-state index contributed by atoms with van der Waals surface area (Å²) in [4.78, 5) is 11.1. The van der Waals surface area contributed by atoms with Gasteiger partial charge in [0.2, 0.25) is 5.91 Å². The van der Waals surface area contributed by atoms with Gasteiger partial charge in [-0.15, -0.1) is 0 Å². The van der Waals surface area contributed by atoms with E-state index in [1.165, 1.54) is 0 Å². The molecular formula is C13H16N2O. The van der Waals surface area contributed by atoms with Gasteiger partial charge in [-0.1, -0.05) is 50.3 Å². The Balaban J connectivity index is 2.37. The summed E-state index contributed by atoms with van der Waals surface area (Å²) in [5.74, 6) is -0.125. The zero-order valence-corrected chi connectivity index (χ0v) is 9.55. The highest BCUT2D eigenvalue weighted by molar-refractivity contribution is 5.82. The molecule has 0 atom stereocenters. The third-order valence-electron chi connectivity index (χ3n) is 1.95. The van der Waals surface area contributed by atoms with Crippen molar-refractivity contribution in [3.63, 3.8) is 0 Å². The van der Waals surface area contributed by atoms with Gasteiger partial charge in [0, 0.05) is 12.1 Å². The predicted molar refractivity (Wildman–Crippen MR) is 66.9 cm³/mol. The molecule has 0 unspecified atom stereocenters. The molecule has 16 heavy (non-hydrogen) atoms. The smallest absolute Gasteiger partial charge is 0.242 e. The van der Waals surface area contributed by atoms with E-state index in [0.29, 0.717) is 0 Å². The summed E-state index contributed by atoms with van der Waals surface area (Å²) in [6, 6.07) is 9.90. The van der Waals surface area contributed by atoms with Gasteiger partial charge in [0.1, 0.15) is 0 Å². The molecule has 1 N–H and O–H groups in total. The molecule has 0 saturated heterocycles. The Hall–Kier alpha value is -1.90. The maximum atomic E-state index is 11.1. The Morgan fingerprint density at radius 1 is 1.31 bits per heavy atom. The lowest BCUT2D eigenvalue weighted by Crippen LogP contribution is -2.22. The van der Waals surface area contributed by atoms with Crippen molar-refractivity contribution in [3.05, 3.63) is 42.0 Å². The van der Waals surface area contributed by atoms with Gasteiger partial charge in [0.15, 0.2) is 0 Å². The summed E-state index contributed by atoms with van der Waals surface area (Å²) < 4.78 is 0. The van der Waals surface area contributed by atoms with Crippen LogP contribution in [0.4, 0.5) is 0 Å². The van der Waals surface area contributed by atoms with Crippen molar-refractivity contribution in [1.82, 2.24) is 5.43 Å². The fraction of sp³-hybridized carbons (Fsp3) is 0.231. The molecule has 0 aliphatic rings. The maximum Gasteiger partial charge on any atom is 0.242 e. The van der Waals surface area contributed by atoms with Gasteiger partial charge in [-0.3, -0.25) is 4.79 Å². The molecule has 0 aromatic heterocycles. The molecule has 0 bridgehead atoms. The number of rotatable bonds is 4. The van der Waals surface area contributed by atoms with Gasteiger partial charge < -0.3 is 0 Å². The summed E-state index contributed by atoms with van der Waals surface area (Å²) in [6.45, 7) is 3.65. The number of amides is 1. The summed E-state index contributed by atoms with van der Waals surface area (Å²) >= 11 is 0. The third-order valence-corrected chi connectivity index (χ3v) is 1.95. The largest absolute Gasteiger partial charge is 0.273 e. The topological polar surface area (TPSA) is 41.5 Å². The van der Waals surface area contributed by atoms with Crippen LogP contribution in [0.2, 0.25) is 0 Å². The van der Waals surface area contributed by atoms with Crippen LogP contribution < -0.4 is 5.43 Å². The van der Waals surface area contributed by atoms with Crippen LogP contribution >= 0.6 is 0 Å². The van der Waals surface area contributed by atoms with Crippen LogP contribution in [-0.2, 0) is 4.79 Å². The second-order valence-corrected chi connectivity index (χ2v) is 3.68. The van der Waals surface area contributed by atoms with Gasteiger partial charge in [0.25, 0.3) is 0 Å². The van der Waals surface area contributed by atoms with Crippen LogP contribution in [0.3, 0.4) is 0 Å². The first kappa shape index (κ1) is 12.2. The number of allylic oxidation sites excluding steroid dienone is 1. The standard InChI is InChI=1S/C13H16N2O/c1-11(2)13(16)15-14-10-6-9-12-7-4-3-5-8-12/h3-11H,1-2H3,(H,15,16)/b9-6+,14-10+. The van der Waals surface area contributed by atoms with E-state index in [-0.39, 0.29) is 11.8 Å². The Bertz CT molecular complexity index is 380. The van der Waals surface area contributed by atoms with Gasteiger partial charge in [-0.05, 0) is 11.6 Å². The molecule has 1 aromatic carbocycles. The number of nitrogens with zero attached hydrogens (tertiary/aromatic N) is 1. The van der Waals surface area contributed by atoms with Crippen molar-refractivity contribution in [2.45, 2.75) is 13.8 Å². The van der Waals surface area contributed by atoms with E-state index in [1.54, 1.807) is 12.3 Å². The Morgan fingerprint density at radius 3 is 2.62 bits per heavy atom. The molecule has 0 aliphatic heterocycles. The molecule has 0 aliphatic carbocycles. The van der Waals surface area contributed by atoms with Crippen LogP contribution in [0.25, 0.3) is 6.08 Å². The molecule has 0 spiro atoms. The first-order valence-corrected chi connectivity index (χ1v) is 5.25. The molecule has 1 amide bonds. The monoisotopic (exact) mass is 216 g/mol. The molecule has 1 rings (SSSR count). The number of benzene rings is 1. The molecule has 84 valence electrons. The Labute approximate surface area is 95.9 Å². The van der Waals surface area contributed by atoms with Crippen LogP contribution in [0, 0.1) is 5.92 Å². The molecule has 1 aromatic rings. The highest BCUT2D eigenvalue weighted by Gasteiger charge is 2.02. The lowest BCUT2D eigenvalue weighted by molar-refractivity contribution is -0.123. The quantitative estimate of drug-likeness (QED) is 0.609. The molecule has 3 heteroatoms. The fourth-order valence-electron chi connectivity index (χ4n) is 0.991. The lowest BCUT2D eigenvalue weighted by atomic mass is 10.2. The van der Waals surface area contributed by atoms with Crippen molar-refractivity contribution in [1.29, 1.82) is 0 Å². The van der Waals surface area contributed by atoms with Crippen LogP contribution in [0.15, 0.2) is 41.5 Å². The fourth-order valence-corrected chi connectivity index (χ4v) is 0.991. The second-order valence-electron chi connectivity index (χ2n) is 3.68. The first-order chi connectivity index (χ1) is 7.70. The molecule has 0 saturated carbocycles. The lowest BCUT2D eigenvalue weighted by Gasteiger charge is -1.99. The van der Waals surface area contributed by atoms with Gasteiger partial charge >= 0.3 is 0 Å². The first-order valence-electron chi connectivity index (χ1n) is 5.25. The van der Waals surface area contributed by atoms with Crippen LogP contribution in [0.5, 0.6) is 0 Å². The van der Waals surface area contributed by atoms with Gasteiger partial charge in [0.05, 0.1) is 0 Å². The van der Waals surface area contributed by atoms with Crippen LogP contribution in [-0.4, -0.2) is 12.1 Å². The minimum atomic E-state index is -0.0793. The van der Waals surface area contributed by atoms with Crippen LogP contribution in [0.1, 0.15) is 19.4 Å². The highest BCUT2D eigenvalue weighted by Crippen LogP contribution is 1.99. The van der Waals surface area contributed by atoms with Crippen molar-refractivity contribution in [3.8, 4) is 0 Å². The van der Waals surface area contributed by atoms with E-state index >= 15 is 0 Å². The summed E-state index contributed by atoms with van der Waals surface area (Å²) in [5, 5.41) is 3.80. The average molecular weight is 216 g/mol. The maximum absolute atomic E-state index is 11.1. The second kappa shape index (κ2) is 6.56. The zero-order chi connectivity index (χ0) is 11.8. The number of hydrogen-bond donors (Lipinski definition) is 1. The van der Waals surface area contributed by atoms with Crippen molar-refractivity contribution in [2.24, 2.45) is 11.0 Å². The summed E-state index contributed by atoms with van der Waals surface area (Å²) in [7, 11) is 0. The SMILES string of the molecule is CC(C)C(=O)N/N=C/C=C/c1ccccc1. The van der Waals surface area contributed by atoms with E-state index in [4.69, 9.17) is 0 Å². The molecular weight excluding hydrogens is 200 g/mol. The number of hydrogen-bond acceptors (Lipinski definition) is 2. The number of hydrazone groups is 1. The number of carbonyl (C=O) groups excluding carboxylic acids is 1. The normalized spacial score (nSPS) is 11.4. The van der Waals surface area contributed by atoms with Crippen molar-refractivity contribution in [2.75, 3.05) is 0 Å². The minimum absolute atomic E-state index is 0.0461. The molecule has 0 fully saturated rings. The summed E-state index contributed by atoms with van der Waals surface area (Å²) in [5.41, 5.74) is 3.55. The van der Waals surface area contributed by atoms with E-state index in [1.807, 2.05) is 50.3 Å². The predicted octanol–water partition coefficient (Wildman–Crippen LogP) is 2.46. The minimum Gasteiger partial charge on any atom is -0.273 e. The van der Waals surface area contributed by atoms with E-state index in [0.717, 1.165) is 5.56 Å². The summed E-state index contributed by atoms with van der Waals surface area (Å²) in [6.07, 6.45) is 5.27. The molecule has 0 heterocycles. The Kier molecular flexibility index (Phi) is 4.99. The van der Waals surface area contributed by atoms with Crippen molar-refractivity contribution >= 4 is 18.2 Å². The van der Waals surface area contributed by atoms with E-state index < -0.39 is 0 Å². The van der Waals surface area contributed by atoms with Crippen molar-refractivity contribution < 1.29 is 4.79 Å². The number of nitrogens with one attached hydrogen (secondary N) is 1. The van der Waals surface area contributed by atoms with Gasteiger partial charge in [-0.2, -0.15) is 5.10 Å². The molecule has 0 radical (unpaired) electrons. The molecule has 3 nitrogen and oxygen atoms in total. The highest BCUT2D eigenvalue weighted by atomic mass is 16.2. The number of carbonyl (C=O) groups is 1. The third kappa shape index (κ3) is 4.55. The average Bonchev–Trinajstić information content (AvgIpc) is 2.29.